The van der Waals surface area contributed by atoms with Gasteiger partial charge in [0, 0.05) is 48.5 Å². The van der Waals surface area contributed by atoms with Crippen molar-refractivity contribution in [2.75, 3.05) is 0 Å². The van der Waals surface area contributed by atoms with Gasteiger partial charge in [-0.15, -0.1) is 0 Å². The Labute approximate surface area is 146 Å². The normalized spacial score (nSPS) is 12.4. The monoisotopic (exact) mass is 332 g/mol. The van der Waals surface area contributed by atoms with Crippen molar-refractivity contribution in [1.29, 1.82) is 0 Å². The molecule has 6 heteroatoms. The SMILES string of the molecule is Cc1cc(CC(C)n2ccnc2-c2cccc(-n3cccn3)c2)n[nH]1. The van der Waals surface area contributed by atoms with Gasteiger partial charge in [-0.25, -0.2) is 9.67 Å². The van der Waals surface area contributed by atoms with Gasteiger partial charge in [-0.05, 0) is 38.1 Å². The van der Waals surface area contributed by atoms with Crippen LogP contribution in [0.4, 0.5) is 0 Å². The second-order valence-corrected chi connectivity index (χ2v) is 6.25. The van der Waals surface area contributed by atoms with Gasteiger partial charge in [-0.1, -0.05) is 12.1 Å². The Morgan fingerprint density at radius 2 is 2.04 bits per heavy atom. The zero-order valence-electron chi connectivity index (χ0n) is 14.3. The van der Waals surface area contributed by atoms with Crippen LogP contribution in [0.5, 0.6) is 0 Å². The summed E-state index contributed by atoms with van der Waals surface area (Å²) in [6, 6.07) is 12.5. The summed E-state index contributed by atoms with van der Waals surface area (Å²) in [6.45, 7) is 4.21. The van der Waals surface area contributed by atoms with Crippen LogP contribution in [0.3, 0.4) is 0 Å². The number of aromatic amines is 1. The molecule has 0 bridgehead atoms. The molecule has 1 aromatic carbocycles. The van der Waals surface area contributed by atoms with E-state index < -0.39 is 0 Å². The van der Waals surface area contributed by atoms with E-state index in [2.05, 4.69) is 50.0 Å². The van der Waals surface area contributed by atoms with Crippen LogP contribution in [-0.4, -0.2) is 29.5 Å². The molecule has 1 unspecified atom stereocenters. The fraction of sp³-hybridized carbons (Fsp3) is 0.211. The molecule has 25 heavy (non-hydrogen) atoms. The molecule has 6 nitrogen and oxygen atoms in total. The van der Waals surface area contributed by atoms with Gasteiger partial charge < -0.3 is 4.57 Å². The minimum Gasteiger partial charge on any atom is -0.328 e. The molecule has 1 N–H and O–H groups in total. The number of aryl methyl sites for hydroxylation is 1. The Bertz CT molecular complexity index is 963. The molecule has 1 atom stereocenters. The minimum atomic E-state index is 0.258. The summed E-state index contributed by atoms with van der Waals surface area (Å²) in [4.78, 5) is 4.58. The van der Waals surface area contributed by atoms with Crippen LogP contribution >= 0.6 is 0 Å². The van der Waals surface area contributed by atoms with E-state index in [1.807, 2.05) is 48.4 Å². The first-order chi connectivity index (χ1) is 12.2. The van der Waals surface area contributed by atoms with Gasteiger partial charge >= 0.3 is 0 Å². The van der Waals surface area contributed by atoms with Crippen LogP contribution in [0.15, 0.2) is 61.2 Å². The van der Waals surface area contributed by atoms with Crippen molar-refractivity contribution >= 4 is 0 Å². The summed E-state index contributed by atoms with van der Waals surface area (Å²) in [5.74, 6) is 0.953. The van der Waals surface area contributed by atoms with E-state index in [-0.39, 0.29) is 6.04 Å². The number of benzene rings is 1. The summed E-state index contributed by atoms with van der Waals surface area (Å²) in [5.41, 5.74) is 4.24. The van der Waals surface area contributed by atoms with E-state index in [1.54, 1.807) is 6.20 Å². The van der Waals surface area contributed by atoms with E-state index >= 15 is 0 Å². The van der Waals surface area contributed by atoms with Gasteiger partial charge in [0.1, 0.15) is 5.82 Å². The van der Waals surface area contributed by atoms with Crippen LogP contribution in [0.1, 0.15) is 24.4 Å². The van der Waals surface area contributed by atoms with Crippen molar-refractivity contribution < 1.29 is 0 Å². The molecule has 0 aliphatic carbocycles. The van der Waals surface area contributed by atoms with Crippen molar-refractivity contribution in [1.82, 2.24) is 29.5 Å². The summed E-state index contributed by atoms with van der Waals surface area (Å²) in [7, 11) is 0. The summed E-state index contributed by atoms with van der Waals surface area (Å²) >= 11 is 0. The molecular weight excluding hydrogens is 312 g/mol. The van der Waals surface area contributed by atoms with Crippen molar-refractivity contribution in [3.63, 3.8) is 0 Å². The maximum Gasteiger partial charge on any atom is 0.140 e. The molecule has 3 heterocycles. The minimum absolute atomic E-state index is 0.258. The molecule has 126 valence electrons. The summed E-state index contributed by atoms with van der Waals surface area (Å²) < 4.78 is 4.05. The Balaban J connectivity index is 1.64. The van der Waals surface area contributed by atoms with Crippen LogP contribution in [0, 0.1) is 6.92 Å². The first-order valence-electron chi connectivity index (χ1n) is 8.35. The Morgan fingerprint density at radius 3 is 2.80 bits per heavy atom. The number of rotatable bonds is 5. The van der Waals surface area contributed by atoms with E-state index in [1.165, 1.54) is 0 Å². The standard InChI is InChI=1S/C19H20N6/c1-14-11-17(23-22-14)12-15(2)24-10-8-20-19(24)16-5-3-6-18(13-16)25-9-4-7-21-25/h3-11,13,15H,12H2,1-2H3,(H,22,23). The van der Waals surface area contributed by atoms with Gasteiger partial charge in [-0.2, -0.15) is 10.2 Å². The second kappa shape index (κ2) is 6.39. The van der Waals surface area contributed by atoms with Crippen molar-refractivity contribution in [2.45, 2.75) is 26.3 Å². The first kappa shape index (κ1) is 15.4. The van der Waals surface area contributed by atoms with Gasteiger partial charge in [0.2, 0.25) is 0 Å². The van der Waals surface area contributed by atoms with E-state index in [0.717, 1.165) is 34.9 Å². The number of hydrogen-bond donors (Lipinski definition) is 1. The lowest BCUT2D eigenvalue weighted by Crippen LogP contribution is -2.09. The third-order valence-corrected chi connectivity index (χ3v) is 4.28. The lowest BCUT2D eigenvalue weighted by molar-refractivity contribution is 0.543. The van der Waals surface area contributed by atoms with Gasteiger partial charge in [-0.3, -0.25) is 5.10 Å². The van der Waals surface area contributed by atoms with Crippen LogP contribution in [0.2, 0.25) is 0 Å². The average Bonchev–Trinajstić information content (AvgIpc) is 3.37. The molecule has 0 aliphatic heterocycles. The quantitative estimate of drug-likeness (QED) is 0.607. The highest BCUT2D eigenvalue weighted by Gasteiger charge is 2.14. The largest absolute Gasteiger partial charge is 0.328 e. The fourth-order valence-corrected chi connectivity index (χ4v) is 3.08. The van der Waals surface area contributed by atoms with Crippen LogP contribution in [-0.2, 0) is 6.42 Å². The number of nitrogens with one attached hydrogen (secondary N) is 1. The predicted octanol–water partition coefficient (Wildman–Crippen LogP) is 3.57. The fourth-order valence-electron chi connectivity index (χ4n) is 3.08. The molecular formula is C19H20N6. The van der Waals surface area contributed by atoms with E-state index in [0.29, 0.717) is 0 Å². The van der Waals surface area contributed by atoms with Crippen molar-refractivity contribution in [3.05, 3.63) is 72.6 Å². The molecule has 4 aromatic rings. The number of H-pyrrole nitrogens is 1. The Morgan fingerprint density at radius 1 is 1.12 bits per heavy atom. The number of nitrogens with zero attached hydrogens (tertiary/aromatic N) is 5. The van der Waals surface area contributed by atoms with Gasteiger partial charge in [0.15, 0.2) is 0 Å². The molecule has 3 aromatic heterocycles. The Kier molecular flexibility index (Phi) is 3.93. The molecule has 0 fully saturated rings. The third kappa shape index (κ3) is 3.10. The highest BCUT2D eigenvalue weighted by atomic mass is 15.3. The van der Waals surface area contributed by atoms with Crippen LogP contribution in [0.25, 0.3) is 17.1 Å². The zero-order valence-corrected chi connectivity index (χ0v) is 14.3. The number of aromatic nitrogens is 6. The lowest BCUT2D eigenvalue weighted by Gasteiger charge is -2.16. The van der Waals surface area contributed by atoms with E-state index in [4.69, 9.17) is 0 Å². The number of imidazole rings is 1. The van der Waals surface area contributed by atoms with Gasteiger partial charge in [0.25, 0.3) is 0 Å². The number of hydrogen-bond acceptors (Lipinski definition) is 3. The smallest absolute Gasteiger partial charge is 0.140 e. The lowest BCUT2D eigenvalue weighted by atomic mass is 10.1. The summed E-state index contributed by atoms with van der Waals surface area (Å²) in [6.07, 6.45) is 8.45. The summed E-state index contributed by atoms with van der Waals surface area (Å²) in [5, 5.41) is 11.7. The molecule has 0 saturated heterocycles. The molecule has 0 radical (unpaired) electrons. The predicted molar refractivity (Wildman–Crippen MR) is 96.5 cm³/mol. The highest BCUT2D eigenvalue weighted by molar-refractivity contribution is 5.59. The Hall–Kier alpha value is -3.15. The molecule has 4 rings (SSSR count). The third-order valence-electron chi connectivity index (χ3n) is 4.28. The second-order valence-electron chi connectivity index (χ2n) is 6.25. The zero-order chi connectivity index (χ0) is 17.2. The van der Waals surface area contributed by atoms with Crippen LogP contribution < -0.4 is 0 Å². The molecule has 0 saturated carbocycles. The maximum atomic E-state index is 4.58. The molecule has 0 amide bonds. The average molecular weight is 332 g/mol. The van der Waals surface area contributed by atoms with Gasteiger partial charge in [0.05, 0.1) is 11.4 Å². The van der Waals surface area contributed by atoms with Crippen molar-refractivity contribution in [2.24, 2.45) is 0 Å². The maximum absolute atomic E-state index is 4.58. The molecule has 0 spiro atoms. The highest BCUT2D eigenvalue weighted by Crippen LogP contribution is 2.24. The van der Waals surface area contributed by atoms with Crippen molar-refractivity contribution in [3.8, 4) is 17.1 Å². The first-order valence-corrected chi connectivity index (χ1v) is 8.35. The van der Waals surface area contributed by atoms with E-state index in [9.17, 15) is 0 Å². The molecule has 0 aliphatic rings. The topological polar surface area (TPSA) is 64.3 Å².